The van der Waals surface area contributed by atoms with Gasteiger partial charge in [0.1, 0.15) is 16.8 Å². The van der Waals surface area contributed by atoms with Crippen molar-refractivity contribution in [1.29, 1.82) is 5.26 Å². The molecule has 0 aliphatic carbocycles. The molecule has 0 unspecified atom stereocenters. The Kier molecular flexibility index (Phi) is 4.94. The lowest BCUT2D eigenvalue weighted by Gasteiger charge is -2.04. The van der Waals surface area contributed by atoms with Gasteiger partial charge in [0.25, 0.3) is 5.91 Å². The Bertz CT molecular complexity index is 883. The van der Waals surface area contributed by atoms with Crippen LogP contribution in [0.4, 0.5) is 0 Å². The van der Waals surface area contributed by atoms with E-state index in [1.165, 1.54) is 12.3 Å². The summed E-state index contributed by atoms with van der Waals surface area (Å²) in [6.45, 7) is 0.487. The number of nitrogens with one attached hydrogen (secondary N) is 1. The summed E-state index contributed by atoms with van der Waals surface area (Å²) < 4.78 is 0. The number of thiazole rings is 1. The molecule has 118 valence electrons. The van der Waals surface area contributed by atoms with E-state index in [9.17, 15) is 4.79 Å². The van der Waals surface area contributed by atoms with Crippen molar-refractivity contribution in [3.63, 3.8) is 0 Å². The second kappa shape index (κ2) is 7.49. The van der Waals surface area contributed by atoms with E-state index >= 15 is 0 Å². The van der Waals surface area contributed by atoms with Crippen molar-refractivity contribution in [3.8, 4) is 16.6 Å². The molecule has 24 heavy (non-hydrogen) atoms. The highest BCUT2D eigenvalue weighted by molar-refractivity contribution is 7.13. The molecule has 0 radical (unpaired) electrons. The summed E-state index contributed by atoms with van der Waals surface area (Å²) >= 11 is 1.59. The van der Waals surface area contributed by atoms with Crippen LogP contribution in [0, 0.1) is 11.3 Å². The van der Waals surface area contributed by atoms with Gasteiger partial charge in [0.05, 0.1) is 5.69 Å². The highest BCUT2D eigenvalue weighted by Gasteiger charge is 2.08. The molecule has 3 aromatic rings. The summed E-state index contributed by atoms with van der Waals surface area (Å²) in [4.78, 5) is 20.5. The summed E-state index contributed by atoms with van der Waals surface area (Å²) in [6.07, 6.45) is 2.12. The van der Waals surface area contributed by atoms with E-state index < -0.39 is 0 Å². The SMILES string of the molecule is N#Cc1cc(C(=O)NCCc2csc(-c3ccccc3)n2)ccn1. The Balaban J connectivity index is 1.56. The number of nitriles is 1. The van der Waals surface area contributed by atoms with Crippen LogP contribution >= 0.6 is 11.3 Å². The lowest BCUT2D eigenvalue weighted by molar-refractivity contribution is 0.0954. The Morgan fingerprint density at radius 1 is 1.25 bits per heavy atom. The van der Waals surface area contributed by atoms with Crippen LogP contribution in [0.1, 0.15) is 21.7 Å². The van der Waals surface area contributed by atoms with Crippen molar-refractivity contribution in [2.24, 2.45) is 0 Å². The number of pyridine rings is 1. The molecule has 0 aliphatic heterocycles. The maximum atomic E-state index is 12.1. The molecule has 3 rings (SSSR count). The van der Waals surface area contributed by atoms with Crippen LogP contribution < -0.4 is 5.32 Å². The molecule has 1 aromatic carbocycles. The fourth-order valence-corrected chi connectivity index (χ4v) is 3.03. The number of hydrogen-bond acceptors (Lipinski definition) is 5. The molecule has 0 fully saturated rings. The summed E-state index contributed by atoms with van der Waals surface area (Å²) in [5, 5.41) is 14.6. The summed E-state index contributed by atoms with van der Waals surface area (Å²) in [5.74, 6) is -0.215. The van der Waals surface area contributed by atoms with Crippen molar-refractivity contribution < 1.29 is 4.79 Å². The van der Waals surface area contributed by atoms with Gasteiger partial charge >= 0.3 is 0 Å². The molecule has 1 amide bonds. The zero-order chi connectivity index (χ0) is 16.8. The standard InChI is InChI=1S/C18H14N4OS/c19-11-16-10-14(6-8-20-16)17(23)21-9-7-15-12-24-18(22-15)13-4-2-1-3-5-13/h1-6,8,10,12H,7,9H2,(H,21,23). The summed E-state index contributed by atoms with van der Waals surface area (Å²) in [5.41, 5.74) is 2.71. The number of carbonyl (C=O) groups is 1. The second-order valence-corrected chi connectivity index (χ2v) is 5.92. The van der Waals surface area contributed by atoms with E-state index in [1.54, 1.807) is 17.4 Å². The first kappa shape index (κ1) is 15.8. The third-order valence-corrected chi connectivity index (χ3v) is 4.32. The van der Waals surface area contributed by atoms with E-state index in [2.05, 4.69) is 15.3 Å². The average molecular weight is 334 g/mol. The Morgan fingerprint density at radius 2 is 2.08 bits per heavy atom. The Morgan fingerprint density at radius 3 is 2.88 bits per heavy atom. The van der Waals surface area contributed by atoms with Crippen LogP contribution in [-0.2, 0) is 6.42 Å². The van der Waals surface area contributed by atoms with Crippen LogP contribution in [0.2, 0.25) is 0 Å². The molecular formula is C18H14N4OS. The molecule has 0 spiro atoms. The van der Waals surface area contributed by atoms with E-state index in [1.807, 2.05) is 41.8 Å². The average Bonchev–Trinajstić information content (AvgIpc) is 3.11. The first-order chi connectivity index (χ1) is 11.8. The van der Waals surface area contributed by atoms with Crippen molar-refractivity contribution in [3.05, 3.63) is 71.0 Å². The minimum absolute atomic E-state index is 0.215. The lowest BCUT2D eigenvalue weighted by atomic mass is 10.2. The smallest absolute Gasteiger partial charge is 0.251 e. The molecule has 1 N–H and O–H groups in total. The number of amides is 1. The quantitative estimate of drug-likeness (QED) is 0.778. The molecule has 2 aromatic heterocycles. The van der Waals surface area contributed by atoms with Gasteiger partial charge in [0.15, 0.2) is 0 Å². The Hall–Kier alpha value is -3.04. The fraction of sp³-hybridized carbons (Fsp3) is 0.111. The van der Waals surface area contributed by atoms with Gasteiger partial charge in [-0.25, -0.2) is 9.97 Å². The zero-order valence-corrected chi connectivity index (χ0v) is 13.6. The number of carbonyl (C=O) groups excluding carboxylic acids is 1. The molecular weight excluding hydrogens is 320 g/mol. The predicted molar refractivity (Wildman–Crippen MR) is 92.5 cm³/mol. The number of aromatic nitrogens is 2. The van der Waals surface area contributed by atoms with Crippen LogP contribution in [0.25, 0.3) is 10.6 Å². The fourth-order valence-electron chi connectivity index (χ4n) is 2.17. The molecule has 0 saturated heterocycles. The number of benzene rings is 1. The first-order valence-electron chi connectivity index (χ1n) is 7.40. The van der Waals surface area contributed by atoms with Crippen molar-refractivity contribution >= 4 is 17.2 Å². The Labute approximate surface area is 143 Å². The topological polar surface area (TPSA) is 78.7 Å². The summed E-state index contributed by atoms with van der Waals surface area (Å²) in [7, 11) is 0. The van der Waals surface area contributed by atoms with Gasteiger partial charge in [-0.1, -0.05) is 30.3 Å². The van der Waals surface area contributed by atoms with Crippen LogP contribution in [0.5, 0.6) is 0 Å². The van der Waals surface area contributed by atoms with Crippen molar-refractivity contribution in [1.82, 2.24) is 15.3 Å². The highest BCUT2D eigenvalue weighted by atomic mass is 32.1. The molecule has 0 atom stereocenters. The van der Waals surface area contributed by atoms with Crippen LogP contribution in [-0.4, -0.2) is 22.4 Å². The molecule has 2 heterocycles. The van der Waals surface area contributed by atoms with E-state index in [0.29, 0.717) is 18.5 Å². The van der Waals surface area contributed by atoms with Crippen molar-refractivity contribution in [2.75, 3.05) is 6.54 Å². The van der Waals surface area contributed by atoms with E-state index in [-0.39, 0.29) is 11.6 Å². The third kappa shape index (κ3) is 3.83. The minimum Gasteiger partial charge on any atom is -0.352 e. The molecule has 6 heteroatoms. The van der Waals surface area contributed by atoms with E-state index in [4.69, 9.17) is 5.26 Å². The van der Waals surface area contributed by atoms with Gasteiger partial charge < -0.3 is 5.32 Å². The maximum absolute atomic E-state index is 12.1. The highest BCUT2D eigenvalue weighted by Crippen LogP contribution is 2.23. The van der Waals surface area contributed by atoms with Gasteiger partial charge in [-0.15, -0.1) is 11.3 Å². The second-order valence-electron chi connectivity index (χ2n) is 5.06. The van der Waals surface area contributed by atoms with Gasteiger partial charge in [0.2, 0.25) is 0 Å². The third-order valence-electron chi connectivity index (χ3n) is 3.38. The van der Waals surface area contributed by atoms with Gasteiger partial charge in [-0.05, 0) is 12.1 Å². The number of rotatable bonds is 5. The normalized spacial score (nSPS) is 10.1. The molecule has 0 saturated carbocycles. The first-order valence-corrected chi connectivity index (χ1v) is 8.28. The van der Waals surface area contributed by atoms with Crippen molar-refractivity contribution in [2.45, 2.75) is 6.42 Å². The van der Waals surface area contributed by atoms with Gasteiger partial charge in [-0.2, -0.15) is 5.26 Å². The van der Waals surface area contributed by atoms with Crippen LogP contribution in [0.3, 0.4) is 0 Å². The zero-order valence-electron chi connectivity index (χ0n) is 12.8. The number of nitrogens with zero attached hydrogens (tertiary/aromatic N) is 3. The number of hydrogen-bond donors (Lipinski definition) is 1. The largest absolute Gasteiger partial charge is 0.352 e. The minimum atomic E-state index is -0.215. The maximum Gasteiger partial charge on any atom is 0.251 e. The van der Waals surface area contributed by atoms with Gasteiger partial charge in [-0.3, -0.25) is 4.79 Å². The van der Waals surface area contributed by atoms with Crippen LogP contribution in [0.15, 0.2) is 54.0 Å². The monoisotopic (exact) mass is 334 g/mol. The lowest BCUT2D eigenvalue weighted by Crippen LogP contribution is -2.25. The molecule has 5 nitrogen and oxygen atoms in total. The van der Waals surface area contributed by atoms with Gasteiger partial charge in [0, 0.05) is 35.7 Å². The van der Waals surface area contributed by atoms with E-state index in [0.717, 1.165) is 16.3 Å². The predicted octanol–water partition coefficient (Wildman–Crippen LogP) is 3.05. The summed E-state index contributed by atoms with van der Waals surface area (Å²) in [6, 6.07) is 15.0. The molecule has 0 bridgehead atoms. The molecule has 0 aliphatic rings.